The van der Waals surface area contributed by atoms with Gasteiger partial charge in [0.15, 0.2) is 0 Å². The Morgan fingerprint density at radius 2 is 1.74 bits per heavy atom. The van der Waals surface area contributed by atoms with E-state index in [1.807, 2.05) is 24.3 Å². The molecule has 0 amide bonds. The third-order valence-corrected chi connectivity index (χ3v) is 4.45. The van der Waals surface area contributed by atoms with Gasteiger partial charge in [0.05, 0.1) is 5.56 Å². The van der Waals surface area contributed by atoms with Crippen LogP contribution in [0.25, 0.3) is 0 Å². The number of carbonyl (C=O) groups is 2. The number of aryl methyl sites for hydroxylation is 1. The van der Waals surface area contributed by atoms with Crippen LogP contribution in [0, 0.1) is 5.92 Å². The topological polar surface area (TPSA) is 87.1 Å². The number of fused-ring (bicyclic) bond motifs is 3. The molecule has 0 aliphatic carbocycles. The molecule has 0 spiro atoms. The van der Waals surface area contributed by atoms with Gasteiger partial charge in [0, 0.05) is 6.54 Å². The maximum atomic E-state index is 12.1. The Morgan fingerprint density at radius 3 is 2.17 bits per heavy atom. The maximum Gasteiger partial charge on any atom is 0.503 e. The van der Waals surface area contributed by atoms with Crippen LogP contribution in [0.15, 0.2) is 24.3 Å². The number of hydrogen-bond donors (Lipinski definition) is 2. The van der Waals surface area contributed by atoms with Gasteiger partial charge in [-0.3, -0.25) is 4.90 Å². The Labute approximate surface area is 135 Å². The highest BCUT2D eigenvalue weighted by Gasteiger charge is 2.36. The van der Waals surface area contributed by atoms with Crippen molar-refractivity contribution in [3.63, 3.8) is 0 Å². The molecule has 0 aromatic heterocycles. The van der Waals surface area contributed by atoms with Gasteiger partial charge in [0.2, 0.25) is 0 Å². The van der Waals surface area contributed by atoms with E-state index in [0.29, 0.717) is 11.5 Å². The first-order valence-electron chi connectivity index (χ1n) is 7.93. The Hall–Kier alpha value is -2.08. The third-order valence-electron chi connectivity index (χ3n) is 4.45. The van der Waals surface area contributed by atoms with Crippen molar-refractivity contribution < 1.29 is 24.5 Å². The van der Waals surface area contributed by atoms with E-state index < -0.39 is 6.16 Å². The summed E-state index contributed by atoms with van der Waals surface area (Å²) in [6, 6.07) is 7.77. The number of hydrogen-bond acceptors (Lipinski definition) is 4. The number of carboxylic acid groups (broad SMARTS) is 2. The second kappa shape index (κ2) is 7.97. The van der Waals surface area contributed by atoms with Crippen molar-refractivity contribution in [2.75, 3.05) is 19.6 Å². The zero-order valence-electron chi connectivity index (χ0n) is 13.3. The Kier molecular flexibility index (Phi) is 5.98. The van der Waals surface area contributed by atoms with Crippen molar-refractivity contribution in [3.05, 3.63) is 35.4 Å². The minimum Gasteiger partial charge on any atom is -0.457 e. The number of rotatable bonds is 3. The molecule has 3 saturated heterocycles. The second-order valence-electron chi connectivity index (χ2n) is 5.91. The first-order chi connectivity index (χ1) is 11.0. The molecule has 1 aromatic carbocycles. The summed E-state index contributed by atoms with van der Waals surface area (Å²) in [6.45, 7) is 5.37. The number of nitrogens with zero attached hydrogens (tertiary/aromatic N) is 1. The van der Waals surface area contributed by atoms with Crippen LogP contribution in [0.5, 0.6) is 0 Å². The van der Waals surface area contributed by atoms with Crippen LogP contribution in [-0.4, -0.2) is 53.0 Å². The maximum absolute atomic E-state index is 12.1. The quantitative estimate of drug-likeness (QED) is 0.832. The standard InChI is InChI=1S/C16H21NO2.CH2O3/c1-2-12-3-5-14(6-4-12)16(18)19-15-11-17-9-7-13(15)8-10-17;2-1(3)4/h3-6,13,15H,2,7-11H2,1H3;(H2,2,3,4)/t15-;/m0./s1. The zero-order chi connectivity index (χ0) is 16.8. The second-order valence-corrected chi connectivity index (χ2v) is 5.91. The molecule has 3 fully saturated rings. The molecule has 1 atom stereocenters. The smallest absolute Gasteiger partial charge is 0.457 e. The summed E-state index contributed by atoms with van der Waals surface area (Å²) in [5, 5.41) is 13.9. The Balaban J connectivity index is 0.000000433. The van der Waals surface area contributed by atoms with Gasteiger partial charge in [-0.25, -0.2) is 9.59 Å². The lowest BCUT2D eigenvalue weighted by Crippen LogP contribution is -2.51. The highest BCUT2D eigenvalue weighted by molar-refractivity contribution is 5.89. The van der Waals surface area contributed by atoms with E-state index in [0.717, 1.165) is 13.0 Å². The predicted octanol–water partition coefficient (Wildman–Crippen LogP) is 2.72. The minimum atomic E-state index is -1.83. The van der Waals surface area contributed by atoms with Crippen LogP contribution in [0.1, 0.15) is 35.7 Å². The van der Waals surface area contributed by atoms with Crippen LogP contribution in [-0.2, 0) is 11.2 Å². The fourth-order valence-electron chi connectivity index (χ4n) is 3.13. The van der Waals surface area contributed by atoms with E-state index in [2.05, 4.69) is 11.8 Å². The molecule has 3 aliphatic rings. The van der Waals surface area contributed by atoms with E-state index in [1.54, 1.807) is 0 Å². The van der Waals surface area contributed by atoms with Crippen LogP contribution in [0.2, 0.25) is 0 Å². The minimum absolute atomic E-state index is 0.0980. The molecule has 6 heteroatoms. The molecule has 2 N–H and O–H groups in total. The largest absolute Gasteiger partial charge is 0.503 e. The molecule has 4 rings (SSSR count). The number of esters is 1. The van der Waals surface area contributed by atoms with Crippen LogP contribution in [0.3, 0.4) is 0 Å². The van der Waals surface area contributed by atoms with Crippen molar-refractivity contribution in [2.24, 2.45) is 5.92 Å². The van der Waals surface area contributed by atoms with Crippen molar-refractivity contribution >= 4 is 12.1 Å². The third kappa shape index (κ3) is 4.96. The van der Waals surface area contributed by atoms with Gasteiger partial charge in [-0.15, -0.1) is 0 Å². The van der Waals surface area contributed by atoms with Crippen LogP contribution < -0.4 is 0 Å². The zero-order valence-corrected chi connectivity index (χ0v) is 13.3. The van der Waals surface area contributed by atoms with Crippen molar-refractivity contribution in [1.82, 2.24) is 4.90 Å². The summed E-state index contributed by atoms with van der Waals surface area (Å²) in [5.41, 5.74) is 1.92. The number of carbonyl (C=O) groups excluding carboxylic acids is 1. The molecule has 23 heavy (non-hydrogen) atoms. The number of piperidine rings is 3. The normalized spacial score (nSPS) is 25.2. The molecular formula is C17H23NO5. The van der Waals surface area contributed by atoms with Crippen molar-refractivity contribution in [3.8, 4) is 0 Å². The summed E-state index contributed by atoms with van der Waals surface area (Å²) >= 11 is 0. The fourth-order valence-corrected chi connectivity index (χ4v) is 3.13. The lowest BCUT2D eigenvalue weighted by atomic mass is 9.86. The SMILES string of the molecule is CCc1ccc(C(=O)O[C@H]2CN3CCC2CC3)cc1.O=C(O)O. The van der Waals surface area contributed by atoms with Crippen molar-refractivity contribution in [1.29, 1.82) is 0 Å². The van der Waals surface area contributed by atoms with E-state index in [1.165, 1.54) is 31.5 Å². The summed E-state index contributed by atoms with van der Waals surface area (Å²) in [6.07, 6.45) is 1.61. The summed E-state index contributed by atoms with van der Waals surface area (Å²) in [4.78, 5) is 23.1. The molecule has 0 radical (unpaired) electrons. The summed E-state index contributed by atoms with van der Waals surface area (Å²) in [7, 11) is 0. The Morgan fingerprint density at radius 1 is 1.17 bits per heavy atom. The molecule has 6 nitrogen and oxygen atoms in total. The number of benzene rings is 1. The lowest BCUT2D eigenvalue weighted by Gasteiger charge is -2.43. The van der Waals surface area contributed by atoms with Crippen LogP contribution in [0.4, 0.5) is 4.79 Å². The molecule has 0 saturated carbocycles. The monoisotopic (exact) mass is 321 g/mol. The molecular weight excluding hydrogens is 298 g/mol. The molecule has 126 valence electrons. The van der Waals surface area contributed by atoms with E-state index in [-0.39, 0.29) is 12.1 Å². The van der Waals surface area contributed by atoms with Gasteiger partial charge < -0.3 is 14.9 Å². The first-order valence-corrected chi connectivity index (χ1v) is 7.93. The molecule has 3 aliphatic heterocycles. The highest BCUT2D eigenvalue weighted by Crippen LogP contribution is 2.30. The average Bonchev–Trinajstić information content (AvgIpc) is 2.55. The van der Waals surface area contributed by atoms with E-state index in [4.69, 9.17) is 19.7 Å². The fraction of sp³-hybridized carbons (Fsp3) is 0.529. The number of ether oxygens (including phenoxy) is 1. The lowest BCUT2D eigenvalue weighted by molar-refractivity contribution is -0.0455. The predicted molar refractivity (Wildman–Crippen MR) is 84.8 cm³/mol. The van der Waals surface area contributed by atoms with E-state index >= 15 is 0 Å². The first kappa shape index (κ1) is 17.3. The van der Waals surface area contributed by atoms with Gasteiger partial charge in [0.25, 0.3) is 0 Å². The van der Waals surface area contributed by atoms with Crippen LogP contribution >= 0.6 is 0 Å². The summed E-state index contributed by atoms with van der Waals surface area (Å²) < 4.78 is 5.70. The van der Waals surface area contributed by atoms with Gasteiger partial charge in [-0.05, 0) is 56.0 Å². The van der Waals surface area contributed by atoms with Gasteiger partial charge in [0.1, 0.15) is 6.10 Å². The average molecular weight is 321 g/mol. The highest BCUT2D eigenvalue weighted by atomic mass is 16.6. The molecule has 3 heterocycles. The van der Waals surface area contributed by atoms with E-state index in [9.17, 15) is 4.79 Å². The van der Waals surface area contributed by atoms with Gasteiger partial charge in [-0.1, -0.05) is 19.1 Å². The van der Waals surface area contributed by atoms with Gasteiger partial charge >= 0.3 is 12.1 Å². The molecule has 2 bridgehead atoms. The molecule has 1 aromatic rings. The Bertz CT molecular complexity index is 530. The molecule has 0 unspecified atom stereocenters. The van der Waals surface area contributed by atoms with Gasteiger partial charge in [-0.2, -0.15) is 0 Å². The summed E-state index contributed by atoms with van der Waals surface area (Å²) in [5.74, 6) is 0.408. The van der Waals surface area contributed by atoms with Crippen molar-refractivity contribution in [2.45, 2.75) is 32.3 Å².